The van der Waals surface area contributed by atoms with Crippen molar-refractivity contribution >= 4 is 21.6 Å². The van der Waals surface area contributed by atoms with Crippen LogP contribution in [0, 0.1) is 0 Å². The molecular formula is C16H17BrN2. The first-order valence-electron chi connectivity index (χ1n) is 6.50. The van der Waals surface area contributed by atoms with E-state index < -0.39 is 0 Å². The first-order chi connectivity index (χ1) is 9.13. The van der Waals surface area contributed by atoms with Crippen LogP contribution < -0.4 is 5.73 Å². The third kappa shape index (κ3) is 2.53. The van der Waals surface area contributed by atoms with Crippen molar-refractivity contribution in [2.24, 2.45) is 0 Å². The van der Waals surface area contributed by atoms with Gasteiger partial charge in [-0.1, -0.05) is 34.1 Å². The number of anilines is 1. The van der Waals surface area contributed by atoms with Gasteiger partial charge in [-0.3, -0.25) is 4.90 Å². The van der Waals surface area contributed by atoms with Gasteiger partial charge in [-0.2, -0.15) is 0 Å². The van der Waals surface area contributed by atoms with Gasteiger partial charge in [0.1, 0.15) is 0 Å². The van der Waals surface area contributed by atoms with Gasteiger partial charge in [-0.05, 0) is 47.9 Å². The summed E-state index contributed by atoms with van der Waals surface area (Å²) in [6.45, 7) is 4.24. The van der Waals surface area contributed by atoms with Crippen molar-refractivity contribution < 1.29 is 0 Å². The Bertz CT molecular complexity index is 609. The Morgan fingerprint density at radius 2 is 1.89 bits per heavy atom. The molecular weight excluding hydrogens is 300 g/mol. The number of fused-ring (bicyclic) bond motifs is 1. The molecule has 2 nitrogen and oxygen atoms in total. The summed E-state index contributed by atoms with van der Waals surface area (Å²) in [5.41, 5.74) is 10.8. The quantitative estimate of drug-likeness (QED) is 0.845. The molecule has 2 N–H and O–H groups in total. The molecule has 2 aromatic rings. The molecule has 0 amide bonds. The molecule has 1 atom stereocenters. The van der Waals surface area contributed by atoms with Crippen LogP contribution in [0.3, 0.4) is 0 Å². The molecule has 19 heavy (non-hydrogen) atoms. The van der Waals surface area contributed by atoms with Crippen molar-refractivity contribution in [2.75, 3.05) is 5.73 Å². The van der Waals surface area contributed by atoms with Gasteiger partial charge in [0.15, 0.2) is 0 Å². The number of halogens is 1. The fraction of sp³-hybridized carbons (Fsp3) is 0.250. The molecule has 1 aliphatic rings. The van der Waals surface area contributed by atoms with E-state index in [1.165, 1.54) is 16.7 Å². The molecule has 1 aliphatic heterocycles. The normalized spacial score (nSPS) is 16.3. The van der Waals surface area contributed by atoms with Crippen LogP contribution >= 0.6 is 15.9 Å². The van der Waals surface area contributed by atoms with Crippen LogP contribution in [-0.4, -0.2) is 4.90 Å². The zero-order valence-corrected chi connectivity index (χ0v) is 12.5. The van der Waals surface area contributed by atoms with E-state index in [1.807, 2.05) is 6.07 Å². The van der Waals surface area contributed by atoms with Crippen LogP contribution in [0.1, 0.15) is 29.7 Å². The summed E-state index contributed by atoms with van der Waals surface area (Å²) in [5, 5.41) is 0. The molecule has 3 heteroatoms. The van der Waals surface area contributed by atoms with E-state index >= 15 is 0 Å². The predicted molar refractivity (Wildman–Crippen MR) is 82.7 cm³/mol. The van der Waals surface area contributed by atoms with Crippen molar-refractivity contribution in [3.05, 3.63) is 63.6 Å². The van der Waals surface area contributed by atoms with Gasteiger partial charge in [0, 0.05) is 29.3 Å². The lowest BCUT2D eigenvalue weighted by atomic mass is 10.1. The van der Waals surface area contributed by atoms with E-state index in [0.29, 0.717) is 6.04 Å². The van der Waals surface area contributed by atoms with E-state index in [-0.39, 0.29) is 0 Å². The molecule has 0 bridgehead atoms. The lowest BCUT2D eigenvalue weighted by Crippen LogP contribution is -2.20. The van der Waals surface area contributed by atoms with Crippen LogP contribution in [-0.2, 0) is 13.1 Å². The third-order valence-corrected chi connectivity index (χ3v) is 4.35. The number of nitrogens with two attached hydrogens (primary N) is 1. The van der Waals surface area contributed by atoms with E-state index in [4.69, 9.17) is 5.73 Å². The summed E-state index contributed by atoms with van der Waals surface area (Å²) in [5.74, 6) is 0. The molecule has 0 radical (unpaired) electrons. The second-order valence-electron chi connectivity index (χ2n) is 5.16. The number of hydrogen-bond acceptors (Lipinski definition) is 2. The first-order valence-corrected chi connectivity index (χ1v) is 7.29. The average molecular weight is 317 g/mol. The second kappa shape index (κ2) is 4.99. The number of nitrogens with zero attached hydrogens (tertiary/aromatic N) is 1. The highest BCUT2D eigenvalue weighted by Crippen LogP contribution is 2.32. The SMILES string of the molecule is CC(c1cccc(Br)c1)N1Cc2ccc(N)cc2C1. The van der Waals surface area contributed by atoms with Crippen LogP contribution in [0.25, 0.3) is 0 Å². The lowest BCUT2D eigenvalue weighted by Gasteiger charge is -2.24. The van der Waals surface area contributed by atoms with Crippen molar-refractivity contribution in [1.82, 2.24) is 4.90 Å². The summed E-state index contributed by atoms with van der Waals surface area (Å²) < 4.78 is 1.14. The maximum atomic E-state index is 5.86. The standard InChI is InChI=1S/C16H17BrN2/c1-11(12-3-2-4-15(17)7-12)19-9-13-5-6-16(18)8-14(13)10-19/h2-8,11H,9-10,18H2,1H3. The Morgan fingerprint density at radius 3 is 2.68 bits per heavy atom. The van der Waals surface area contributed by atoms with Crippen LogP contribution in [0.5, 0.6) is 0 Å². The Kier molecular flexibility index (Phi) is 3.33. The van der Waals surface area contributed by atoms with Crippen molar-refractivity contribution in [3.8, 4) is 0 Å². The van der Waals surface area contributed by atoms with Gasteiger partial charge < -0.3 is 5.73 Å². The minimum absolute atomic E-state index is 0.408. The lowest BCUT2D eigenvalue weighted by molar-refractivity contribution is 0.215. The predicted octanol–water partition coefficient (Wildman–Crippen LogP) is 4.11. The number of nitrogen functional groups attached to an aromatic ring is 1. The fourth-order valence-corrected chi connectivity index (χ4v) is 3.11. The van der Waals surface area contributed by atoms with Crippen LogP contribution in [0.2, 0.25) is 0 Å². The highest BCUT2D eigenvalue weighted by Gasteiger charge is 2.24. The van der Waals surface area contributed by atoms with E-state index in [9.17, 15) is 0 Å². The fourth-order valence-electron chi connectivity index (χ4n) is 2.69. The van der Waals surface area contributed by atoms with Crippen molar-refractivity contribution in [2.45, 2.75) is 26.1 Å². The average Bonchev–Trinajstić information content (AvgIpc) is 2.80. The molecule has 0 spiro atoms. The highest BCUT2D eigenvalue weighted by atomic mass is 79.9. The number of benzene rings is 2. The van der Waals surface area contributed by atoms with E-state index in [1.54, 1.807) is 0 Å². The summed E-state index contributed by atoms with van der Waals surface area (Å²) in [6, 6.07) is 15.2. The van der Waals surface area contributed by atoms with Crippen LogP contribution in [0.15, 0.2) is 46.9 Å². The van der Waals surface area contributed by atoms with Gasteiger partial charge in [0.2, 0.25) is 0 Å². The first kappa shape index (κ1) is 12.7. The molecule has 0 aliphatic carbocycles. The molecule has 1 unspecified atom stereocenters. The Balaban J connectivity index is 1.82. The summed E-state index contributed by atoms with van der Waals surface area (Å²) in [7, 11) is 0. The molecule has 0 aromatic heterocycles. The zero-order valence-electron chi connectivity index (χ0n) is 10.9. The molecule has 0 saturated carbocycles. The van der Waals surface area contributed by atoms with Gasteiger partial charge in [-0.25, -0.2) is 0 Å². The number of hydrogen-bond donors (Lipinski definition) is 1. The molecule has 1 heterocycles. The van der Waals surface area contributed by atoms with E-state index in [0.717, 1.165) is 23.2 Å². The van der Waals surface area contributed by atoms with Gasteiger partial charge in [0.05, 0.1) is 0 Å². The zero-order chi connectivity index (χ0) is 13.4. The van der Waals surface area contributed by atoms with E-state index in [2.05, 4.69) is 64.2 Å². The van der Waals surface area contributed by atoms with Crippen molar-refractivity contribution in [3.63, 3.8) is 0 Å². The molecule has 2 aromatic carbocycles. The minimum Gasteiger partial charge on any atom is -0.399 e. The van der Waals surface area contributed by atoms with Gasteiger partial charge >= 0.3 is 0 Å². The largest absolute Gasteiger partial charge is 0.399 e. The molecule has 98 valence electrons. The monoisotopic (exact) mass is 316 g/mol. The van der Waals surface area contributed by atoms with Gasteiger partial charge in [-0.15, -0.1) is 0 Å². The summed E-state index contributed by atoms with van der Waals surface area (Å²) >= 11 is 3.54. The topological polar surface area (TPSA) is 29.3 Å². The maximum absolute atomic E-state index is 5.86. The Hall–Kier alpha value is -1.32. The van der Waals surface area contributed by atoms with Crippen LogP contribution in [0.4, 0.5) is 5.69 Å². The van der Waals surface area contributed by atoms with Gasteiger partial charge in [0.25, 0.3) is 0 Å². The minimum atomic E-state index is 0.408. The molecule has 3 rings (SSSR count). The molecule has 0 fully saturated rings. The maximum Gasteiger partial charge on any atom is 0.0327 e. The summed E-state index contributed by atoms with van der Waals surface area (Å²) in [4.78, 5) is 2.48. The van der Waals surface area contributed by atoms with Crippen molar-refractivity contribution in [1.29, 1.82) is 0 Å². The third-order valence-electron chi connectivity index (χ3n) is 3.86. The Labute approximate surface area is 122 Å². The second-order valence-corrected chi connectivity index (χ2v) is 6.08. The number of rotatable bonds is 2. The smallest absolute Gasteiger partial charge is 0.0327 e. The Morgan fingerprint density at radius 1 is 1.11 bits per heavy atom. The summed E-state index contributed by atoms with van der Waals surface area (Å²) in [6.07, 6.45) is 0. The highest BCUT2D eigenvalue weighted by molar-refractivity contribution is 9.10. The molecule has 0 saturated heterocycles.